The van der Waals surface area contributed by atoms with E-state index in [0.717, 1.165) is 33.8 Å². The van der Waals surface area contributed by atoms with E-state index in [1.165, 1.54) is 11.6 Å². The minimum absolute atomic E-state index is 0.207. The molecule has 0 fully saturated rings. The van der Waals surface area contributed by atoms with Crippen LogP contribution in [0.5, 0.6) is 0 Å². The van der Waals surface area contributed by atoms with E-state index in [2.05, 4.69) is 4.98 Å². The minimum atomic E-state index is -0.207. The Labute approximate surface area is 114 Å². The van der Waals surface area contributed by atoms with Crippen LogP contribution in [-0.2, 0) is 12.8 Å². The molecule has 4 heteroatoms. The van der Waals surface area contributed by atoms with E-state index in [1.54, 1.807) is 23.5 Å². The molecule has 1 aromatic heterocycles. The molecule has 0 aliphatic rings. The van der Waals surface area contributed by atoms with Crippen LogP contribution in [0.25, 0.3) is 10.2 Å². The van der Waals surface area contributed by atoms with Crippen LogP contribution in [0, 0.1) is 5.82 Å². The molecule has 0 aliphatic carbocycles. The number of halogens is 1. The molecule has 0 bridgehead atoms. The number of nitrogens with two attached hydrogens (primary N) is 1. The van der Waals surface area contributed by atoms with E-state index >= 15 is 0 Å². The lowest BCUT2D eigenvalue weighted by molar-refractivity contribution is 0.630. The molecule has 0 saturated carbocycles. The normalized spacial score (nSPS) is 11.0. The van der Waals surface area contributed by atoms with Crippen molar-refractivity contribution in [2.24, 2.45) is 0 Å². The Morgan fingerprint density at radius 1 is 1.05 bits per heavy atom. The largest absolute Gasteiger partial charge is 0.399 e. The number of hydrogen-bond acceptors (Lipinski definition) is 3. The molecule has 1 heterocycles. The van der Waals surface area contributed by atoms with Gasteiger partial charge in [-0.15, -0.1) is 11.3 Å². The lowest BCUT2D eigenvalue weighted by atomic mass is 10.1. The minimum Gasteiger partial charge on any atom is -0.399 e. The van der Waals surface area contributed by atoms with Gasteiger partial charge in [0, 0.05) is 12.1 Å². The van der Waals surface area contributed by atoms with Crippen molar-refractivity contribution in [3.8, 4) is 0 Å². The first-order valence-electron chi connectivity index (χ1n) is 6.10. The summed E-state index contributed by atoms with van der Waals surface area (Å²) in [5, 5.41) is 1.04. The van der Waals surface area contributed by atoms with E-state index in [9.17, 15) is 4.39 Å². The molecule has 3 aromatic rings. The number of hydrogen-bond donors (Lipinski definition) is 1. The van der Waals surface area contributed by atoms with Crippen molar-refractivity contribution in [1.29, 1.82) is 0 Å². The van der Waals surface area contributed by atoms with Crippen molar-refractivity contribution >= 4 is 27.2 Å². The zero-order chi connectivity index (χ0) is 13.2. The van der Waals surface area contributed by atoms with Crippen molar-refractivity contribution in [2.45, 2.75) is 12.8 Å². The SMILES string of the molecule is Nc1ccc(CCc2nc3ccc(F)cc3s2)cc1. The van der Waals surface area contributed by atoms with Crippen molar-refractivity contribution in [2.75, 3.05) is 5.73 Å². The van der Waals surface area contributed by atoms with E-state index in [4.69, 9.17) is 5.73 Å². The van der Waals surface area contributed by atoms with Gasteiger partial charge in [0.2, 0.25) is 0 Å². The molecule has 2 nitrogen and oxygen atoms in total. The summed E-state index contributed by atoms with van der Waals surface area (Å²) < 4.78 is 14.0. The van der Waals surface area contributed by atoms with Gasteiger partial charge in [0.15, 0.2) is 0 Å². The second kappa shape index (κ2) is 4.97. The van der Waals surface area contributed by atoms with Gasteiger partial charge in [-0.25, -0.2) is 9.37 Å². The van der Waals surface area contributed by atoms with E-state index in [-0.39, 0.29) is 5.82 Å². The van der Waals surface area contributed by atoms with E-state index in [1.807, 2.05) is 24.3 Å². The van der Waals surface area contributed by atoms with Gasteiger partial charge in [-0.1, -0.05) is 12.1 Å². The molecule has 2 N–H and O–H groups in total. The predicted octanol–water partition coefficient (Wildman–Crippen LogP) is 3.80. The highest BCUT2D eigenvalue weighted by Crippen LogP contribution is 2.24. The second-order valence-corrected chi connectivity index (χ2v) is 5.58. The third-order valence-corrected chi connectivity index (χ3v) is 4.08. The van der Waals surface area contributed by atoms with Crippen LogP contribution < -0.4 is 5.73 Å². The number of rotatable bonds is 3. The molecule has 0 aliphatic heterocycles. The highest BCUT2D eigenvalue weighted by molar-refractivity contribution is 7.18. The van der Waals surface area contributed by atoms with Crippen LogP contribution in [0.4, 0.5) is 10.1 Å². The van der Waals surface area contributed by atoms with Gasteiger partial charge >= 0.3 is 0 Å². The lowest BCUT2D eigenvalue weighted by Crippen LogP contribution is -1.91. The van der Waals surface area contributed by atoms with Gasteiger partial charge in [-0.05, 0) is 42.3 Å². The standard InChI is InChI=1S/C15H13FN2S/c16-11-4-7-13-14(9-11)19-15(18-13)8-3-10-1-5-12(17)6-2-10/h1-2,4-7,9H,3,8,17H2. The first kappa shape index (κ1) is 12.1. The molecule has 0 radical (unpaired) electrons. The fourth-order valence-corrected chi connectivity index (χ4v) is 2.98. The van der Waals surface area contributed by atoms with Crippen LogP contribution in [-0.4, -0.2) is 4.98 Å². The molecule has 0 amide bonds. The van der Waals surface area contributed by atoms with Crippen molar-refractivity contribution in [3.63, 3.8) is 0 Å². The third kappa shape index (κ3) is 2.74. The zero-order valence-corrected chi connectivity index (χ0v) is 11.1. The number of aryl methyl sites for hydroxylation is 2. The van der Waals surface area contributed by atoms with E-state index < -0.39 is 0 Å². The highest BCUT2D eigenvalue weighted by Gasteiger charge is 2.05. The molecule has 96 valence electrons. The Morgan fingerprint density at radius 3 is 2.63 bits per heavy atom. The predicted molar refractivity (Wildman–Crippen MR) is 77.8 cm³/mol. The maximum absolute atomic E-state index is 13.1. The molecule has 0 atom stereocenters. The van der Waals surface area contributed by atoms with Crippen molar-refractivity contribution < 1.29 is 4.39 Å². The number of thiazole rings is 1. The topological polar surface area (TPSA) is 38.9 Å². The Bertz CT molecular complexity index is 704. The Hall–Kier alpha value is -1.94. The maximum atomic E-state index is 13.1. The van der Waals surface area contributed by atoms with Crippen molar-refractivity contribution in [1.82, 2.24) is 4.98 Å². The smallest absolute Gasteiger partial charge is 0.124 e. The summed E-state index contributed by atoms with van der Waals surface area (Å²) in [6.45, 7) is 0. The van der Waals surface area contributed by atoms with Crippen LogP contribution in [0.2, 0.25) is 0 Å². The lowest BCUT2D eigenvalue weighted by Gasteiger charge is -1.99. The molecule has 0 spiro atoms. The van der Waals surface area contributed by atoms with Crippen LogP contribution >= 0.6 is 11.3 Å². The summed E-state index contributed by atoms with van der Waals surface area (Å²) in [6, 6.07) is 12.6. The van der Waals surface area contributed by atoms with Gasteiger partial charge in [0.25, 0.3) is 0 Å². The molecule has 19 heavy (non-hydrogen) atoms. The first-order valence-corrected chi connectivity index (χ1v) is 6.92. The first-order chi connectivity index (χ1) is 9.20. The summed E-state index contributed by atoms with van der Waals surface area (Å²) >= 11 is 1.56. The number of benzene rings is 2. The van der Waals surface area contributed by atoms with E-state index in [0.29, 0.717) is 0 Å². The average molecular weight is 272 g/mol. The monoisotopic (exact) mass is 272 g/mol. The summed E-state index contributed by atoms with van der Waals surface area (Å²) in [7, 11) is 0. The number of aromatic nitrogens is 1. The maximum Gasteiger partial charge on any atom is 0.124 e. The Kier molecular flexibility index (Phi) is 3.17. The number of nitrogen functional groups attached to an aromatic ring is 1. The number of nitrogens with zero attached hydrogens (tertiary/aromatic N) is 1. The van der Waals surface area contributed by atoms with Gasteiger partial charge in [-0.3, -0.25) is 0 Å². The number of anilines is 1. The quantitative estimate of drug-likeness (QED) is 0.736. The Balaban J connectivity index is 1.76. The Morgan fingerprint density at radius 2 is 1.84 bits per heavy atom. The van der Waals surface area contributed by atoms with Crippen LogP contribution in [0.3, 0.4) is 0 Å². The van der Waals surface area contributed by atoms with Crippen LogP contribution in [0.1, 0.15) is 10.6 Å². The van der Waals surface area contributed by atoms with Crippen molar-refractivity contribution in [3.05, 3.63) is 58.9 Å². The third-order valence-electron chi connectivity index (χ3n) is 3.00. The zero-order valence-electron chi connectivity index (χ0n) is 10.3. The van der Waals surface area contributed by atoms with Crippen LogP contribution in [0.15, 0.2) is 42.5 Å². The molecule has 0 saturated heterocycles. The second-order valence-electron chi connectivity index (χ2n) is 4.46. The number of fused-ring (bicyclic) bond motifs is 1. The molecule has 2 aromatic carbocycles. The summed E-state index contributed by atoms with van der Waals surface area (Å²) in [5.74, 6) is -0.207. The average Bonchev–Trinajstić information content (AvgIpc) is 2.80. The van der Waals surface area contributed by atoms with Gasteiger partial charge < -0.3 is 5.73 Å². The molecular formula is C15H13FN2S. The fraction of sp³-hybridized carbons (Fsp3) is 0.133. The summed E-state index contributed by atoms with van der Waals surface area (Å²) in [6.07, 6.45) is 1.79. The molecule has 0 unspecified atom stereocenters. The van der Waals surface area contributed by atoms with Gasteiger partial charge in [0.1, 0.15) is 5.82 Å². The highest BCUT2D eigenvalue weighted by atomic mass is 32.1. The van der Waals surface area contributed by atoms with Gasteiger partial charge in [0.05, 0.1) is 15.2 Å². The molecular weight excluding hydrogens is 259 g/mol. The molecule has 3 rings (SSSR count). The van der Waals surface area contributed by atoms with Gasteiger partial charge in [-0.2, -0.15) is 0 Å². The summed E-state index contributed by atoms with van der Waals surface area (Å²) in [5.41, 5.74) is 8.54. The fourth-order valence-electron chi connectivity index (χ4n) is 1.99. The summed E-state index contributed by atoms with van der Waals surface area (Å²) in [4.78, 5) is 4.51.